The summed E-state index contributed by atoms with van der Waals surface area (Å²) in [7, 11) is 1.47. The van der Waals surface area contributed by atoms with Crippen LogP contribution in [0.2, 0.25) is 0 Å². The van der Waals surface area contributed by atoms with Crippen molar-refractivity contribution in [3.63, 3.8) is 0 Å². The van der Waals surface area contributed by atoms with Gasteiger partial charge in [0.25, 0.3) is 0 Å². The van der Waals surface area contributed by atoms with Gasteiger partial charge in [-0.15, -0.1) is 0 Å². The summed E-state index contributed by atoms with van der Waals surface area (Å²) in [4.78, 5) is 38.0. The molecule has 7 nitrogen and oxygen atoms in total. The van der Waals surface area contributed by atoms with Crippen molar-refractivity contribution in [2.24, 2.45) is 5.41 Å². The van der Waals surface area contributed by atoms with Crippen molar-refractivity contribution in [2.45, 2.75) is 20.3 Å². The van der Waals surface area contributed by atoms with Gasteiger partial charge < -0.3 is 19.7 Å². The molecular formula is C27H24O7. The van der Waals surface area contributed by atoms with E-state index >= 15 is 0 Å². The molecule has 0 atom stereocenters. The van der Waals surface area contributed by atoms with E-state index in [1.807, 2.05) is 0 Å². The summed E-state index contributed by atoms with van der Waals surface area (Å²) >= 11 is 0. The number of phenols is 1. The van der Waals surface area contributed by atoms with Gasteiger partial charge in [-0.1, -0.05) is 62.4 Å². The Morgan fingerprint density at radius 2 is 1.53 bits per heavy atom. The quantitative estimate of drug-likeness (QED) is 0.399. The molecule has 3 aromatic carbocycles. The average Bonchev–Trinajstić information content (AvgIpc) is 2.84. The first-order valence-electron chi connectivity index (χ1n) is 10.7. The number of Topliss-reactive ketones (excluding diaryl/α,β-unsaturated/α-hetero) is 2. The second kappa shape index (κ2) is 8.67. The minimum absolute atomic E-state index is 0.0119. The molecule has 0 amide bonds. The van der Waals surface area contributed by atoms with E-state index in [1.165, 1.54) is 19.2 Å². The van der Waals surface area contributed by atoms with E-state index in [0.29, 0.717) is 22.1 Å². The van der Waals surface area contributed by atoms with E-state index in [0.717, 1.165) is 0 Å². The molecule has 3 aromatic rings. The van der Waals surface area contributed by atoms with Gasteiger partial charge in [0.05, 0.1) is 13.7 Å². The second-order valence-electron chi connectivity index (χ2n) is 8.97. The van der Waals surface area contributed by atoms with Crippen molar-refractivity contribution in [1.82, 2.24) is 0 Å². The summed E-state index contributed by atoms with van der Waals surface area (Å²) in [6.45, 7) is 3.37. The molecule has 7 heteroatoms. The minimum Gasteiger partial charge on any atom is -0.507 e. The van der Waals surface area contributed by atoms with Gasteiger partial charge in [0, 0.05) is 32.9 Å². The van der Waals surface area contributed by atoms with E-state index < -0.39 is 23.0 Å². The van der Waals surface area contributed by atoms with Gasteiger partial charge in [-0.25, -0.2) is 4.79 Å². The highest BCUT2D eigenvalue weighted by molar-refractivity contribution is 6.52. The maximum Gasteiger partial charge on any atom is 0.342 e. The third-order valence-electron chi connectivity index (χ3n) is 5.86. The molecule has 174 valence electrons. The highest BCUT2D eigenvalue weighted by atomic mass is 16.5. The number of benzene rings is 3. The lowest BCUT2D eigenvalue weighted by atomic mass is 9.79. The first kappa shape index (κ1) is 23.0. The van der Waals surface area contributed by atoms with Gasteiger partial charge in [0.2, 0.25) is 11.6 Å². The summed E-state index contributed by atoms with van der Waals surface area (Å²) in [6, 6.07) is 14.8. The number of carbonyl (C=O) groups excluding carboxylic acids is 3. The van der Waals surface area contributed by atoms with Crippen molar-refractivity contribution in [2.75, 3.05) is 13.7 Å². The standard InChI is InChI=1S/C27H24O7/c1-27(2,13-20-23(29)17-10-6-7-11-18(17)24(30)25(20)31)14-34-26(32)19-12-21(33-3)15-8-4-5-9-16(15)22(19)28/h4-12,28-29H,13-14H2,1-3H3. The zero-order chi connectivity index (χ0) is 24.6. The Bertz CT molecular complexity index is 1360. The number of allylic oxidation sites excluding steroid dienone is 1. The van der Waals surface area contributed by atoms with Gasteiger partial charge >= 0.3 is 5.97 Å². The van der Waals surface area contributed by atoms with Crippen LogP contribution in [0.1, 0.15) is 46.5 Å². The number of fused-ring (bicyclic) bond motifs is 2. The van der Waals surface area contributed by atoms with Gasteiger partial charge in [0.1, 0.15) is 22.8 Å². The second-order valence-corrected chi connectivity index (χ2v) is 8.97. The maximum atomic E-state index is 12.8. The highest BCUT2D eigenvalue weighted by Crippen LogP contribution is 2.38. The fraction of sp³-hybridized carbons (Fsp3) is 0.222. The molecule has 0 radical (unpaired) electrons. The molecule has 0 saturated heterocycles. The van der Waals surface area contributed by atoms with Crippen molar-refractivity contribution < 1.29 is 34.1 Å². The number of ether oxygens (including phenoxy) is 2. The summed E-state index contributed by atoms with van der Waals surface area (Å²) in [5.74, 6) is -2.25. The average molecular weight is 460 g/mol. The fourth-order valence-corrected chi connectivity index (χ4v) is 4.10. The highest BCUT2D eigenvalue weighted by Gasteiger charge is 2.36. The van der Waals surface area contributed by atoms with Gasteiger partial charge in [-0.05, 0) is 12.5 Å². The van der Waals surface area contributed by atoms with Crippen LogP contribution in [0.4, 0.5) is 0 Å². The van der Waals surface area contributed by atoms with E-state index in [1.54, 1.807) is 56.3 Å². The monoisotopic (exact) mass is 460 g/mol. The predicted molar refractivity (Wildman–Crippen MR) is 126 cm³/mol. The summed E-state index contributed by atoms with van der Waals surface area (Å²) in [5, 5.41) is 22.4. The first-order valence-corrected chi connectivity index (χ1v) is 10.7. The third kappa shape index (κ3) is 4.01. The van der Waals surface area contributed by atoms with Gasteiger partial charge in [-0.2, -0.15) is 0 Å². The molecule has 0 aliphatic heterocycles. The Labute approximate surface area is 196 Å². The number of carbonyl (C=O) groups is 3. The molecule has 1 aliphatic rings. The molecular weight excluding hydrogens is 436 g/mol. The van der Waals surface area contributed by atoms with Crippen LogP contribution < -0.4 is 4.74 Å². The molecule has 0 bridgehead atoms. The Morgan fingerprint density at radius 3 is 2.21 bits per heavy atom. The predicted octanol–water partition coefficient (Wildman–Crippen LogP) is 4.86. The normalized spacial score (nSPS) is 13.7. The molecule has 0 fully saturated rings. The molecule has 4 rings (SSSR count). The van der Waals surface area contributed by atoms with Crippen LogP contribution in [0, 0.1) is 5.41 Å². The zero-order valence-corrected chi connectivity index (χ0v) is 19.0. The largest absolute Gasteiger partial charge is 0.507 e. The topological polar surface area (TPSA) is 110 Å². The van der Waals surface area contributed by atoms with Crippen molar-refractivity contribution in [3.8, 4) is 11.5 Å². The Kier molecular flexibility index (Phi) is 5.87. The number of rotatable bonds is 6. The maximum absolute atomic E-state index is 12.8. The number of aromatic hydroxyl groups is 1. The molecule has 0 heterocycles. The van der Waals surface area contributed by atoms with Crippen molar-refractivity contribution in [1.29, 1.82) is 0 Å². The molecule has 0 unspecified atom stereocenters. The number of aliphatic hydroxyl groups is 1. The van der Waals surface area contributed by atoms with Crippen LogP contribution in [0.5, 0.6) is 11.5 Å². The van der Waals surface area contributed by atoms with Crippen LogP contribution in [0.25, 0.3) is 16.5 Å². The third-order valence-corrected chi connectivity index (χ3v) is 5.86. The Morgan fingerprint density at radius 1 is 0.912 bits per heavy atom. The van der Waals surface area contributed by atoms with Crippen LogP contribution in [-0.4, -0.2) is 41.5 Å². The number of esters is 1. The summed E-state index contributed by atoms with van der Waals surface area (Å²) in [5.41, 5.74) is -0.384. The lowest BCUT2D eigenvalue weighted by Crippen LogP contribution is -2.29. The van der Waals surface area contributed by atoms with Crippen molar-refractivity contribution in [3.05, 3.63) is 76.9 Å². The number of methoxy groups -OCH3 is 1. The number of hydrogen-bond acceptors (Lipinski definition) is 7. The van der Waals surface area contributed by atoms with E-state index in [4.69, 9.17) is 9.47 Å². The number of phenolic OH excluding ortho intramolecular Hbond substituents is 1. The molecule has 0 saturated carbocycles. The number of aliphatic hydroxyl groups excluding tert-OH is 1. The summed E-state index contributed by atoms with van der Waals surface area (Å²) < 4.78 is 10.8. The van der Waals surface area contributed by atoms with Gasteiger partial charge in [0.15, 0.2) is 0 Å². The number of ketones is 2. The molecule has 2 N–H and O–H groups in total. The fourth-order valence-electron chi connectivity index (χ4n) is 4.10. The van der Waals surface area contributed by atoms with Crippen LogP contribution in [0.3, 0.4) is 0 Å². The molecule has 0 spiro atoms. The Hall–Kier alpha value is -4.13. The van der Waals surface area contributed by atoms with Crippen LogP contribution >= 0.6 is 0 Å². The van der Waals surface area contributed by atoms with Crippen LogP contribution in [0.15, 0.2) is 60.2 Å². The molecule has 34 heavy (non-hydrogen) atoms. The van der Waals surface area contributed by atoms with E-state index in [-0.39, 0.29) is 41.2 Å². The van der Waals surface area contributed by atoms with E-state index in [2.05, 4.69) is 0 Å². The minimum atomic E-state index is -0.794. The number of hydrogen-bond donors (Lipinski definition) is 2. The molecule has 1 aliphatic carbocycles. The van der Waals surface area contributed by atoms with E-state index in [9.17, 15) is 24.6 Å². The van der Waals surface area contributed by atoms with Gasteiger partial charge in [-0.3, -0.25) is 9.59 Å². The first-order chi connectivity index (χ1) is 16.1. The molecule has 0 aromatic heterocycles. The lowest BCUT2D eigenvalue weighted by molar-refractivity contribution is -0.112. The Balaban J connectivity index is 1.56. The summed E-state index contributed by atoms with van der Waals surface area (Å²) in [6.07, 6.45) is 0.0119. The lowest BCUT2D eigenvalue weighted by Gasteiger charge is -2.27. The smallest absolute Gasteiger partial charge is 0.342 e. The SMILES string of the molecule is COc1cc(C(=O)OCC(C)(C)CC2=C(O)c3ccccc3C(=O)C2=O)c(O)c2ccccc12. The zero-order valence-electron chi connectivity index (χ0n) is 19.0. The van der Waals surface area contributed by atoms with Crippen LogP contribution in [-0.2, 0) is 9.53 Å². The van der Waals surface area contributed by atoms with Crippen molar-refractivity contribution >= 4 is 34.1 Å².